The third kappa shape index (κ3) is 1.91. The van der Waals surface area contributed by atoms with Crippen LogP contribution >= 0.6 is 0 Å². The largest absolute Gasteiger partial charge is 0.237 e. The molecule has 0 fully saturated rings. The van der Waals surface area contributed by atoms with E-state index in [4.69, 9.17) is 5.26 Å². The number of nitriles is 1. The van der Waals surface area contributed by atoms with Crippen LogP contribution in [0.2, 0.25) is 0 Å². The highest BCUT2D eigenvalue weighted by atomic mass is 14.8. The minimum atomic E-state index is 0.422. The number of aromatic nitrogens is 2. The van der Waals surface area contributed by atoms with Crippen molar-refractivity contribution in [3.63, 3.8) is 0 Å². The van der Waals surface area contributed by atoms with Gasteiger partial charge in [-0.25, -0.2) is 9.97 Å². The number of hydrogen-bond donors (Lipinski definition) is 0. The smallest absolute Gasteiger partial charge is 0.160 e. The van der Waals surface area contributed by atoms with Gasteiger partial charge in [-0.1, -0.05) is 6.08 Å². The van der Waals surface area contributed by atoms with Gasteiger partial charge < -0.3 is 0 Å². The highest BCUT2D eigenvalue weighted by Gasteiger charge is 2.05. The van der Waals surface area contributed by atoms with E-state index in [0.29, 0.717) is 11.3 Å². The van der Waals surface area contributed by atoms with Gasteiger partial charge in [0.15, 0.2) is 5.65 Å². The highest BCUT2D eigenvalue weighted by Crippen LogP contribution is 2.17. The summed E-state index contributed by atoms with van der Waals surface area (Å²) in [6, 6.07) is 7.75. The Balaban J connectivity index is 2.59. The molecule has 0 saturated heterocycles. The van der Waals surface area contributed by atoms with Crippen molar-refractivity contribution >= 4 is 11.0 Å². The molecule has 3 nitrogen and oxygen atoms in total. The zero-order chi connectivity index (χ0) is 11.4. The predicted molar refractivity (Wildman–Crippen MR) is 62.8 cm³/mol. The number of aryl methyl sites for hydroxylation is 1. The van der Waals surface area contributed by atoms with Gasteiger partial charge in [0.2, 0.25) is 0 Å². The van der Waals surface area contributed by atoms with Crippen molar-refractivity contribution in [3.05, 3.63) is 48.3 Å². The van der Waals surface area contributed by atoms with Gasteiger partial charge in [0.05, 0.1) is 0 Å². The fraction of sp³-hybridized carbons (Fsp3) is 0.154. The van der Waals surface area contributed by atoms with Gasteiger partial charge in [-0.05, 0) is 36.6 Å². The maximum atomic E-state index is 8.89. The summed E-state index contributed by atoms with van der Waals surface area (Å²) in [5.41, 5.74) is 2.17. The number of allylic oxidation sites excluding steroid dienone is 1. The molecule has 0 aliphatic rings. The molecule has 0 spiro atoms. The Morgan fingerprint density at radius 1 is 1.50 bits per heavy atom. The zero-order valence-electron chi connectivity index (χ0n) is 8.85. The van der Waals surface area contributed by atoms with Crippen LogP contribution in [0.1, 0.15) is 17.7 Å². The summed E-state index contributed by atoms with van der Waals surface area (Å²) in [5.74, 6) is 0. The summed E-state index contributed by atoms with van der Waals surface area (Å²) in [6.45, 7) is 3.70. The van der Waals surface area contributed by atoms with Crippen molar-refractivity contribution < 1.29 is 0 Å². The first kappa shape index (κ1) is 10.3. The van der Waals surface area contributed by atoms with Gasteiger partial charge in [0.1, 0.15) is 11.8 Å². The normalized spacial score (nSPS) is 9.94. The van der Waals surface area contributed by atoms with Crippen molar-refractivity contribution in [1.82, 2.24) is 9.97 Å². The lowest BCUT2D eigenvalue weighted by molar-refractivity contribution is 1.01. The highest BCUT2D eigenvalue weighted by molar-refractivity contribution is 5.79. The summed E-state index contributed by atoms with van der Waals surface area (Å²) in [5, 5.41) is 9.90. The number of nitrogens with zero attached hydrogens (tertiary/aromatic N) is 3. The van der Waals surface area contributed by atoms with E-state index in [1.165, 1.54) is 0 Å². The van der Waals surface area contributed by atoms with Crippen LogP contribution in [-0.4, -0.2) is 9.97 Å². The lowest BCUT2D eigenvalue weighted by atomic mass is 10.1. The van der Waals surface area contributed by atoms with Crippen molar-refractivity contribution in [2.75, 3.05) is 0 Å². The van der Waals surface area contributed by atoms with Crippen LogP contribution in [0.5, 0.6) is 0 Å². The summed E-state index contributed by atoms with van der Waals surface area (Å²) in [4.78, 5) is 8.33. The molecule has 0 aliphatic heterocycles. The predicted octanol–water partition coefficient (Wildman–Crippen LogP) is 2.62. The van der Waals surface area contributed by atoms with Gasteiger partial charge in [-0.15, -0.1) is 6.58 Å². The molecule has 0 unspecified atom stereocenters. The third-order valence-corrected chi connectivity index (χ3v) is 2.40. The Labute approximate surface area is 94.1 Å². The molecule has 0 radical (unpaired) electrons. The molecule has 0 amide bonds. The molecule has 2 heterocycles. The second-order valence-electron chi connectivity index (χ2n) is 3.48. The van der Waals surface area contributed by atoms with Crippen LogP contribution in [0, 0.1) is 11.3 Å². The monoisotopic (exact) mass is 209 g/mol. The fourth-order valence-electron chi connectivity index (χ4n) is 1.65. The van der Waals surface area contributed by atoms with E-state index in [-0.39, 0.29) is 0 Å². The molecular formula is C13H11N3. The van der Waals surface area contributed by atoms with Crippen LogP contribution in [0.25, 0.3) is 11.0 Å². The first-order valence-electron chi connectivity index (χ1n) is 5.11. The molecule has 0 aliphatic carbocycles. The summed E-state index contributed by atoms with van der Waals surface area (Å²) < 4.78 is 0. The fourth-order valence-corrected chi connectivity index (χ4v) is 1.65. The zero-order valence-corrected chi connectivity index (χ0v) is 8.85. The van der Waals surface area contributed by atoms with Crippen molar-refractivity contribution in [2.45, 2.75) is 12.8 Å². The molecule has 0 aromatic carbocycles. The average Bonchev–Trinajstić information content (AvgIpc) is 2.35. The summed E-state index contributed by atoms with van der Waals surface area (Å²) in [6.07, 6.45) is 5.31. The Hall–Kier alpha value is -2.21. The lowest BCUT2D eigenvalue weighted by Gasteiger charge is -2.04. The molecule has 0 bridgehead atoms. The van der Waals surface area contributed by atoms with E-state index < -0.39 is 0 Å². The lowest BCUT2D eigenvalue weighted by Crippen LogP contribution is -1.94. The minimum absolute atomic E-state index is 0.422. The van der Waals surface area contributed by atoms with E-state index in [9.17, 15) is 0 Å². The Morgan fingerprint density at radius 2 is 2.38 bits per heavy atom. The number of fused-ring (bicyclic) bond motifs is 1. The van der Waals surface area contributed by atoms with E-state index >= 15 is 0 Å². The minimum Gasteiger partial charge on any atom is -0.237 e. The van der Waals surface area contributed by atoms with Crippen molar-refractivity contribution in [1.29, 1.82) is 5.26 Å². The number of rotatable bonds is 3. The third-order valence-electron chi connectivity index (χ3n) is 2.40. The first-order valence-corrected chi connectivity index (χ1v) is 5.11. The number of pyridine rings is 2. The van der Waals surface area contributed by atoms with Crippen LogP contribution in [0.4, 0.5) is 0 Å². The molecular weight excluding hydrogens is 198 g/mol. The molecule has 2 aromatic rings. The second kappa shape index (κ2) is 4.54. The van der Waals surface area contributed by atoms with Crippen LogP contribution in [-0.2, 0) is 6.42 Å². The van der Waals surface area contributed by atoms with Crippen LogP contribution < -0.4 is 0 Å². The van der Waals surface area contributed by atoms with Gasteiger partial charge in [0, 0.05) is 11.6 Å². The van der Waals surface area contributed by atoms with E-state index in [2.05, 4.69) is 22.6 Å². The Kier molecular flexibility index (Phi) is 2.93. The molecule has 0 atom stereocenters. The van der Waals surface area contributed by atoms with E-state index in [1.54, 1.807) is 6.20 Å². The average molecular weight is 209 g/mol. The van der Waals surface area contributed by atoms with Crippen molar-refractivity contribution in [2.24, 2.45) is 0 Å². The molecule has 16 heavy (non-hydrogen) atoms. The first-order chi connectivity index (χ1) is 7.85. The molecule has 2 aromatic heterocycles. The van der Waals surface area contributed by atoms with E-state index in [1.807, 2.05) is 24.3 Å². The Morgan fingerprint density at radius 3 is 3.12 bits per heavy atom. The molecule has 2 rings (SSSR count). The van der Waals surface area contributed by atoms with Gasteiger partial charge in [-0.2, -0.15) is 5.26 Å². The van der Waals surface area contributed by atoms with Crippen LogP contribution in [0.15, 0.2) is 37.1 Å². The quantitative estimate of drug-likeness (QED) is 0.730. The molecule has 78 valence electrons. The maximum Gasteiger partial charge on any atom is 0.160 e. The Bertz CT molecular complexity index is 567. The molecule has 3 heteroatoms. The van der Waals surface area contributed by atoms with Gasteiger partial charge >= 0.3 is 0 Å². The van der Waals surface area contributed by atoms with Crippen LogP contribution in [0.3, 0.4) is 0 Å². The SMILES string of the molecule is C=CCCc1cc(C#N)nc2ncccc12. The standard InChI is InChI=1S/C13H11N3/c1-2-3-5-10-8-11(9-14)16-13-12(10)6-4-7-15-13/h2,4,6-8H,1,3,5H2. The number of hydrogen-bond acceptors (Lipinski definition) is 3. The van der Waals surface area contributed by atoms with Crippen molar-refractivity contribution in [3.8, 4) is 6.07 Å². The summed E-state index contributed by atoms with van der Waals surface area (Å²) in [7, 11) is 0. The van der Waals surface area contributed by atoms with E-state index in [0.717, 1.165) is 23.8 Å². The molecule has 0 N–H and O–H groups in total. The van der Waals surface area contributed by atoms with Gasteiger partial charge in [-0.3, -0.25) is 0 Å². The second-order valence-corrected chi connectivity index (χ2v) is 3.48. The maximum absolute atomic E-state index is 8.89. The van der Waals surface area contributed by atoms with Gasteiger partial charge in [0.25, 0.3) is 0 Å². The topological polar surface area (TPSA) is 49.6 Å². The molecule has 0 saturated carbocycles. The summed E-state index contributed by atoms with van der Waals surface area (Å²) >= 11 is 0.